The summed E-state index contributed by atoms with van der Waals surface area (Å²) in [6.07, 6.45) is 1.96. The zero-order valence-electron chi connectivity index (χ0n) is 12.5. The number of nitro benzene ring substituents is 1. The second-order valence-electron chi connectivity index (χ2n) is 5.25. The molecule has 0 spiro atoms. The summed E-state index contributed by atoms with van der Waals surface area (Å²) in [6.45, 7) is 1.84. The molecule has 1 heterocycles. The van der Waals surface area contributed by atoms with E-state index in [2.05, 4.69) is 5.32 Å². The molecule has 116 valence electrons. The van der Waals surface area contributed by atoms with Crippen LogP contribution in [0.2, 0.25) is 0 Å². The Labute approximate surface area is 133 Å². The average Bonchev–Trinajstić information content (AvgIpc) is 2.55. The van der Waals surface area contributed by atoms with Crippen molar-refractivity contribution in [2.24, 2.45) is 0 Å². The summed E-state index contributed by atoms with van der Waals surface area (Å²) < 4.78 is 0. The maximum absolute atomic E-state index is 12.4. The Hall–Kier alpha value is -3.15. The number of urea groups is 1. The molecule has 2 amide bonds. The van der Waals surface area contributed by atoms with Gasteiger partial charge in [-0.2, -0.15) is 0 Å². The van der Waals surface area contributed by atoms with Crippen LogP contribution in [-0.4, -0.2) is 11.0 Å². The molecule has 23 heavy (non-hydrogen) atoms. The lowest BCUT2D eigenvalue weighted by atomic mass is 10.0. The fourth-order valence-electron chi connectivity index (χ4n) is 2.60. The standard InChI is InChI=1S/C17H15N3O3/c1-12-11-16(13-5-3-2-4-6-13)18-17(21)19(12)14-7-9-15(10-8-14)20(22)23/h2-11,16H,1H3,(H,18,21). The Bertz CT molecular complexity index is 769. The van der Waals surface area contributed by atoms with E-state index in [0.717, 1.165) is 11.3 Å². The Morgan fingerprint density at radius 3 is 2.30 bits per heavy atom. The molecule has 2 aromatic carbocycles. The molecule has 0 radical (unpaired) electrons. The first-order chi connectivity index (χ1) is 11.1. The number of anilines is 1. The number of non-ortho nitro benzene ring substituents is 1. The van der Waals surface area contributed by atoms with Crippen LogP contribution in [0.3, 0.4) is 0 Å². The summed E-state index contributed by atoms with van der Waals surface area (Å²) in [5.74, 6) is 0. The fourth-order valence-corrected chi connectivity index (χ4v) is 2.60. The SMILES string of the molecule is CC1=CC(c2ccccc2)NC(=O)N1c1ccc([N+](=O)[O-])cc1. The monoisotopic (exact) mass is 309 g/mol. The zero-order valence-corrected chi connectivity index (χ0v) is 12.5. The van der Waals surface area contributed by atoms with Crippen LogP contribution in [0.15, 0.2) is 66.4 Å². The topological polar surface area (TPSA) is 75.5 Å². The molecule has 2 aromatic rings. The van der Waals surface area contributed by atoms with E-state index in [1.54, 1.807) is 12.1 Å². The van der Waals surface area contributed by atoms with Gasteiger partial charge in [0.05, 0.1) is 16.7 Å². The van der Waals surface area contributed by atoms with Crippen molar-refractivity contribution in [3.8, 4) is 0 Å². The lowest BCUT2D eigenvalue weighted by Crippen LogP contribution is -2.44. The molecule has 1 atom stereocenters. The van der Waals surface area contributed by atoms with E-state index >= 15 is 0 Å². The predicted octanol–water partition coefficient (Wildman–Crippen LogP) is 3.77. The van der Waals surface area contributed by atoms with Gasteiger partial charge in [0.15, 0.2) is 0 Å². The molecule has 0 bridgehead atoms. The Morgan fingerprint density at radius 2 is 1.74 bits per heavy atom. The predicted molar refractivity (Wildman–Crippen MR) is 87.0 cm³/mol. The van der Waals surface area contributed by atoms with E-state index in [-0.39, 0.29) is 17.8 Å². The molecular formula is C17H15N3O3. The number of hydrogen-bond acceptors (Lipinski definition) is 3. The fraction of sp³-hybridized carbons (Fsp3) is 0.118. The molecule has 1 aliphatic heterocycles. The van der Waals surface area contributed by atoms with Gasteiger partial charge >= 0.3 is 6.03 Å². The highest BCUT2D eigenvalue weighted by Crippen LogP contribution is 2.28. The molecule has 1 aliphatic rings. The van der Waals surface area contributed by atoms with E-state index in [9.17, 15) is 14.9 Å². The summed E-state index contributed by atoms with van der Waals surface area (Å²) in [5.41, 5.74) is 2.36. The molecule has 0 saturated carbocycles. The molecule has 1 unspecified atom stereocenters. The number of amides is 2. The molecule has 1 N–H and O–H groups in total. The van der Waals surface area contributed by atoms with Gasteiger partial charge < -0.3 is 5.32 Å². The first kappa shape index (κ1) is 14.8. The van der Waals surface area contributed by atoms with Gasteiger partial charge in [-0.15, -0.1) is 0 Å². The van der Waals surface area contributed by atoms with Gasteiger partial charge in [-0.25, -0.2) is 4.79 Å². The van der Waals surface area contributed by atoms with Crippen LogP contribution >= 0.6 is 0 Å². The van der Waals surface area contributed by atoms with E-state index in [4.69, 9.17) is 0 Å². The van der Waals surface area contributed by atoms with E-state index in [0.29, 0.717) is 5.69 Å². The highest BCUT2D eigenvalue weighted by atomic mass is 16.6. The second-order valence-corrected chi connectivity index (χ2v) is 5.25. The molecular weight excluding hydrogens is 294 g/mol. The minimum atomic E-state index is -0.464. The van der Waals surface area contributed by atoms with E-state index < -0.39 is 4.92 Å². The van der Waals surface area contributed by atoms with Crippen LogP contribution in [0.1, 0.15) is 18.5 Å². The van der Waals surface area contributed by atoms with E-state index in [1.807, 2.05) is 43.3 Å². The molecule has 6 heteroatoms. The lowest BCUT2D eigenvalue weighted by molar-refractivity contribution is -0.384. The Morgan fingerprint density at radius 1 is 1.09 bits per heavy atom. The van der Waals surface area contributed by atoms with Crippen molar-refractivity contribution >= 4 is 17.4 Å². The number of benzene rings is 2. The van der Waals surface area contributed by atoms with Gasteiger partial charge in [-0.3, -0.25) is 15.0 Å². The van der Waals surface area contributed by atoms with Crippen molar-refractivity contribution in [3.05, 3.63) is 82.0 Å². The molecule has 0 aliphatic carbocycles. The Balaban J connectivity index is 1.90. The normalized spacial score (nSPS) is 17.4. The van der Waals surface area contributed by atoms with Gasteiger partial charge in [-0.1, -0.05) is 30.3 Å². The van der Waals surface area contributed by atoms with Crippen LogP contribution in [0, 0.1) is 10.1 Å². The van der Waals surface area contributed by atoms with Crippen molar-refractivity contribution < 1.29 is 9.72 Å². The second kappa shape index (κ2) is 5.92. The molecule has 3 rings (SSSR count). The van der Waals surface area contributed by atoms with E-state index in [1.165, 1.54) is 17.0 Å². The van der Waals surface area contributed by atoms with Crippen molar-refractivity contribution in [2.45, 2.75) is 13.0 Å². The van der Waals surface area contributed by atoms with Gasteiger partial charge in [0.25, 0.3) is 5.69 Å². The van der Waals surface area contributed by atoms with Crippen LogP contribution in [0.4, 0.5) is 16.2 Å². The lowest BCUT2D eigenvalue weighted by Gasteiger charge is -2.31. The number of allylic oxidation sites excluding steroid dienone is 1. The smallest absolute Gasteiger partial charge is 0.326 e. The van der Waals surface area contributed by atoms with Crippen molar-refractivity contribution in [1.29, 1.82) is 0 Å². The van der Waals surface area contributed by atoms with Crippen molar-refractivity contribution in [3.63, 3.8) is 0 Å². The third kappa shape index (κ3) is 2.91. The molecule has 0 fully saturated rings. The highest BCUT2D eigenvalue weighted by molar-refractivity contribution is 5.96. The van der Waals surface area contributed by atoms with Gasteiger partial charge in [-0.05, 0) is 30.7 Å². The molecule has 0 aromatic heterocycles. The zero-order chi connectivity index (χ0) is 16.4. The van der Waals surface area contributed by atoms with Crippen LogP contribution < -0.4 is 10.2 Å². The number of nitrogens with zero attached hydrogens (tertiary/aromatic N) is 2. The summed E-state index contributed by atoms with van der Waals surface area (Å²) in [6, 6.07) is 15.2. The first-order valence-electron chi connectivity index (χ1n) is 7.15. The number of rotatable bonds is 3. The molecule has 6 nitrogen and oxygen atoms in total. The van der Waals surface area contributed by atoms with Gasteiger partial charge in [0.1, 0.15) is 0 Å². The van der Waals surface area contributed by atoms with Crippen LogP contribution in [-0.2, 0) is 0 Å². The summed E-state index contributed by atoms with van der Waals surface area (Å²) in [5, 5.41) is 13.6. The maximum atomic E-state index is 12.4. The Kier molecular flexibility index (Phi) is 3.80. The number of nitro groups is 1. The highest BCUT2D eigenvalue weighted by Gasteiger charge is 2.26. The number of carbonyl (C=O) groups is 1. The van der Waals surface area contributed by atoms with Crippen molar-refractivity contribution in [1.82, 2.24) is 5.32 Å². The first-order valence-corrected chi connectivity index (χ1v) is 7.15. The molecule has 0 saturated heterocycles. The maximum Gasteiger partial charge on any atom is 0.326 e. The summed E-state index contributed by atoms with van der Waals surface area (Å²) in [7, 11) is 0. The summed E-state index contributed by atoms with van der Waals surface area (Å²) >= 11 is 0. The number of carbonyl (C=O) groups excluding carboxylic acids is 1. The third-order valence-corrected chi connectivity index (χ3v) is 3.72. The van der Waals surface area contributed by atoms with Crippen LogP contribution in [0.25, 0.3) is 0 Å². The van der Waals surface area contributed by atoms with Crippen molar-refractivity contribution in [2.75, 3.05) is 4.90 Å². The van der Waals surface area contributed by atoms with Gasteiger partial charge in [0, 0.05) is 17.8 Å². The number of nitrogens with one attached hydrogen (secondary N) is 1. The number of hydrogen-bond donors (Lipinski definition) is 1. The quantitative estimate of drug-likeness (QED) is 0.692. The third-order valence-electron chi connectivity index (χ3n) is 3.72. The van der Waals surface area contributed by atoms with Gasteiger partial charge in [0.2, 0.25) is 0 Å². The minimum absolute atomic E-state index is 0.00466. The minimum Gasteiger partial charge on any atom is -0.327 e. The average molecular weight is 309 g/mol. The largest absolute Gasteiger partial charge is 0.327 e. The summed E-state index contributed by atoms with van der Waals surface area (Å²) in [4.78, 5) is 24.2. The van der Waals surface area contributed by atoms with Crippen LogP contribution in [0.5, 0.6) is 0 Å².